The van der Waals surface area contributed by atoms with Crippen LogP contribution >= 0.6 is 0 Å². The zero-order valence-corrected chi connectivity index (χ0v) is 7.86. The summed E-state index contributed by atoms with van der Waals surface area (Å²) in [4.78, 5) is 17.8. The fraction of sp³-hybridized carbons (Fsp3) is 0.125. The number of hydrogen-bond acceptors (Lipinski definition) is 5. The second-order valence-electron chi connectivity index (χ2n) is 2.86. The van der Waals surface area contributed by atoms with Crippen molar-refractivity contribution in [3.63, 3.8) is 0 Å². The van der Waals surface area contributed by atoms with Gasteiger partial charge in [0.2, 0.25) is 0 Å². The van der Waals surface area contributed by atoms with E-state index in [2.05, 4.69) is 15.1 Å². The lowest BCUT2D eigenvalue weighted by Gasteiger charge is -1.94. The molecule has 0 aliphatic rings. The Hall–Kier alpha value is -2.31. The monoisotopic (exact) mass is 205 g/mol. The highest BCUT2D eigenvalue weighted by Crippen LogP contribution is 2.13. The lowest BCUT2D eigenvalue weighted by molar-refractivity contribution is -0.389. The van der Waals surface area contributed by atoms with Crippen molar-refractivity contribution in [2.24, 2.45) is 0 Å². The summed E-state index contributed by atoms with van der Waals surface area (Å²) in [7, 11) is 0. The molecule has 0 N–H and O–H groups in total. The summed E-state index contributed by atoms with van der Waals surface area (Å²) < 4.78 is 1.33. The molecule has 0 aromatic carbocycles. The van der Waals surface area contributed by atoms with Gasteiger partial charge in [0, 0.05) is 12.4 Å². The number of nitrogens with zero attached hydrogens (tertiary/aromatic N) is 5. The van der Waals surface area contributed by atoms with E-state index in [0.29, 0.717) is 11.6 Å². The number of aromatic nitrogens is 4. The molecule has 0 amide bonds. The van der Waals surface area contributed by atoms with Crippen LogP contribution in [0.25, 0.3) is 5.95 Å². The molecule has 0 unspecified atom stereocenters. The zero-order chi connectivity index (χ0) is 10.8. The quantitative estimate of drug-likeness (QED) is 0.536. The molecular formula is C8H7N5O2. The third-order valence-electron chi connectivity index (χ3n) is 1.80. The van der Waals surface area contributed by atoms with Crippen LogP contribution in [0, 0.1) is 17.0 Å². The summed E-state index contributed by atoms with van der Waals surface area (Å²) in [5, 5.41) is 14.3. The molecule has 7 nitrogen and oxygen atoms in total. The molecule has 2 aromatic rings. The van der Waals surface area contributed by atoms with Crippen LogP contribution in [0.3, 0.4) is 0 Å². The topological polar surface area (TPSA) is 86.7 Å². The van der Waals surface area contributed by atoms with E-state index >= 15 is 0 Å². The second kappa shape index (κ2) is 3.45. The van der Waals surface area contributed by atoms with Gasteiger partial charge in [0.25, 0.3) is 5.95 Å². The summed E-state index contributed by atoms with van der Waals surface area (Å²) in [6.45, 7) is 1.70. The molecule has 2 aromatic heterocycles. The Balaban J connectivity index is 2.50. The van der Waals surface area contributed by atoms with Crippen molar-refractivity contribution in [3.05, 3.63) is 40.3 Å². The number of aryl methyl sites for hydroxylation is 1. The molecule has 0 bridgehead atoms. The highest BCUT2D eigenvalue weighted by Gasteiger charge is 2.17. The third kappa shape index (κ3) is 1.66. The SMILES string of the molecule is Cc1cc([N+](=O)[O-])nn1-c1ncccn1. The normalized spacial score (nSPS) is 10.2. The Labute approximate surface area is 84.6 Å². The van der Waals surface area contributed by atoms with Crippen LogP contribution in [-0.4, -0.2) is 24.7 Å². The van der Waals surface area contributed by atoms with Crippen molar-refractivity contribution in [1.29, 1.82) is 0 Å². The van der Waals surface area contributed by atoms with Crippen molar-refractivity contribution < 1.29 is 4.92 Å². The third-order valence-corrected chi connectivity index (χ3v) is 1.80. The van der Waals surface area contributed by atoms with Crippen LogP contribution in [0.5, 0.6) is 0 Å². The Morgan fingerprint density at radius 3 is 2.60 bits per heavy atom. The average Bonchev–Trinajstić information content (AvgIpc) is 2.62. The second-order valence-corrected chi connectivity index (χ2v) is 2.86. The Morgan fingerprint density at radius 1 is 1.40 bits per heavy atom. The van der Waals surface area contributed by atoms with Gasteiger partial charge in [0.05, 0.1) is 16.9 Å². The molecule has 0 aliphatic carbocycles. The van der Waals surface area contributed by atoms with E-state index in [1.54, 1.807) is 25.4 Å². The van der Waals surface area contributed by atoms with E-state index < -0.39 is 4.92 Å². The summed E-state index contributed by atoms with van der Waals surface area (Å²) in [5.74, 6) is 0.114. The van der Waals surface area contributed by atoms with Crippen molar-refractivity contribution in [3.8, 4) is 5.95 Å². The Morgan fingerprint density at radius 2 is 2.07 bits per heavy atom. The van der Waals surface area contributed by atoms with Gasteiger partial charge in [-0.25, -0.2) is 9.97 Å². The van der Waals surface area contributed by atoms with Gasteiger partial charge in [0.15, 0.2) is 0 Å². The van der Waals surface area contributed by atoms with E-state index in [9.17, 15) is 10.1 Å². The van der Waals surface area contributed by atoms with Crippen LogP contribution in [0.2, 0.25) is 0 Å². The lowest BCUT2D eigenvalue weighted by Crippen LogP contribution is -2.04. The summed E-state index contributed by atoms with van der Waals surface area (Å²) in [6, 6.07) is 3.03. The predicted octanol–water partition coefficient (Wildman–Crippen LogP) is 0.879. The van der Waals surface area contributed by atoms with Gasteiger partial charge in [-0.2, -0.15) is 0 Å². The van der Waals surface area contributed by atoms with Crippen LogP contribution in [0.4, 0.5) is 5.82 Å². The molecule has 76 valence electrons. The molecule has 2 heterocycles. The fourth-order valence-corrected chi connectivity index (χ4v) is 1.15. The molecule has 15 heavy (non-hydrogen) atoms. The van der Waals surface area contributed by atoms with Gasteiger partial charge in [-0.05, 0) is 17.9 Å². The minimum absolute atomic E-state index is 0.208. The number of rotatable bonds is 2. The van der Waals surface area contributed by atoms with Gasteiger partial charge >= 0.3 is 5.82 Å². The zero-order valence-electron chi connectivity index (χ0n) is 7.86. The Bertz CT molecular complexity index is 493. The minimum Gasteiger partial charge on any atom is -0.358 e. The Kier molecular flexibility index (Phi) is 2.13. The molecule has 0 saturated heterocycles. The van der Waals surface area contributed by atoms with E-state index in [0.717, 1.165) is 0 Å². The lowest BCUT2D eigenvalue weighted by atomic mass is 10.5. The fourth-order valence-electron chi connectivity index (χ4n) is 1.15. The maximum Gasteiger partial charge on any atom is 0.390 e. The summed E-state index contributed by atoms with van der Waals surface area (Å²) >= 11 is 0. The summed E-state index contributed by atoms with van der Waals surface area (Å²) in [5.41, 5.74) is 0.618. The number of hydrogen-bond donors (Lipinski definition) is 0. The molecule has 0 fully saturated rings. The molecule has 7 heteroatoms. The van der Waals surface area contributed by atoms with Gasteiger partial charge in [-0.3, -0.25) is 0 Å². The smallest absolute Gasteiger partial charge is 0.358 e. The molecular weight excluding hydrogens is 198 g/mol. The van der Waals surface area contributed by atoms with Gasteiger partial charge in [-0.15, -0.1) is 4.68 Å². The molecule has 2 rings (SSSR count). The minimum atomic E-state index is -0.549. The molecule has 0 spiro atoms. The highest BCUT2D eigenvalue weighted by atomic mass is 16.6. The predicted molar refractivity (Wildman–Crippen MR) is 50.5 cm³/mol. The average molecular weight is 205 g/mol. The molecule has 0 radical (unpaired) electrons. The first-order chi connectivity index (χ1) is 7.18. The van der Waals surface area contributed by atoms with Gasteiger partial charge < -0.3 is 10.1 Å². The van der Waals surface area contributed by atoms with Crippen LogP contribution < -0.4 is 0 Å². The van der Waals surface area contributed by atoms with E-state index in [4.69, 9.17) is 0 Å². The first-order valence-corrected chi connectivity index (χ1v) is 4.17. The van der Waals surface area contributed by atoms with E-state index in [-0.39, 0.29) is 5.82 Å². The van der Waals surface area contributed by atoms with Crippen molar-refractivity contribution >= 4 is 5.82 Å². The standard InChI is InChI=1S/C8H7N5O2/c1-6-5-7(13(14)15)11-12(6)8-9-3-2-4-10-8/h2-5H,1H3. The van der Waals surface area contributed by atoms with E-state index in [1.165, 1.54) is 10.7 Å². The van der Waals surface area contributed by atoms with Crippen LogP contribution in [0.1, 0.15) is 5.69 Å². The highest BCUT2D eigenvalue weighted by molar-refractivity contribution is 5.26. The molecule has 0 aliphatic heterocycles. The van der Waals surface area contributed by atoms with Crippen molar-refractivity contribution in [2.75, 3.05) is 0 Å². The van der Waals surface area contributed by atoms with E-state index in [1.807, 2.05) is 0 Å². The van der Waals surface area contributed by atoms with Crippen molar-refractivity contribution in [1.82, 2.24) is 19.7 Å². The first kappa shape index (κ1) is 9.25. The van der Waals surface area contributed by atoms with Crippen molar-refractivity contribution in [2.45, 2.75) is 6.92 Å². The largest absolute Gasteiger partial charge is 0.390 e. The van der Waals surface area contributed by atoms with Gasteiger partial charge in [-0.1, -0.05) is 0 Å². The maximum absolute atomic E-state index is 10.5. The van der Waals surface area contributed by atoms with Crippen LogP contribution in [-0.2, 0) is 0 Å². The first-order valence-electron chi connectivity index (χ1n) is 4.17. The molecule has 0 atom stereocenters. The number of nitro groups is 1. The van der Waals surface area contributed by atoms with Gasteiger partial charge in [0.1, 0.15) is 0 Å². The van der Waals surface area contributed by atoms with Crippen LogP contribution in [0.15, 0.2) is 24.5 Å². The molecule has 0 saturated carbocycles. The summed E-state index contributed by atoms with van der Waals surface area (Å²) in [6.07, 6.45) is 3.10. The maximum atomic E-state index is 10.5.